The summed E-state index contributed by atoms with van der Waals surface area (Å²) >= 11 is 8.72. The fourth-order valence-corrected chi connectivity index (χ4v) is 4.94. The van der Waals surface area contributed by atoms with Crippen LogP contribution in [-0.2, 0) is 9.59 Å². The van der Waals surface area contributed by atoms with Gasteiger partial charge in [-0.15, -0.1) is 11.3 Å². The number of halogens is 1. The van der Waals surface area contributed by atoms with E-state index in [9.17, 15) is 9.59 Å². The molecular weight excluding hydrogens is 424 g/mol. The van der Waals surface area contributed by atoms with Crippen LogP contribution in [0.25, 0.3) is 5.57 Å². The predicted molar refractivity (Wildman–Crippen MR) is 122 cm³/mol. The Morgan fingerprint density at radius 2 is 1.62 bits per heavy atom. The molecule has 2 amide bonds. The van der Waals surface area contributed by atoms with Gasteiger partial charge in [0.2, 0.25) is 0 Å². The minimum atomic E-state index is -0.309. The van der Waals surface area contributed by atoms with E-state index in [1.54, 1.807) is 24.3 Å². The van der Waals surface area contributed by atoms with E-state index in [1.165, 1.54) is 28.0 Å². The molecule has 0 fully saturated rings. The average molecular weight is 441 g/mol. The highest BCUT2D eigenvalue weighted by molar-refractivity contribution is 8.04. The number of thiophene rings is 1. The summed E-state index contributed by atoms with van der Waals surface area (Å²) < 4.78 is 0. The Hall–Kier alpha value is -2.54. The standard InChI is InChI=1S/C22H17ClN2O2S2/c1-24(2)15-7-9-16(10-8-15)25-21(26)19(18-4-3-13-28-18)20(22(25)27)29-17-11-5-14(23)6-12-17/h3-13H,1-2H3. The van der Waals surface area contributed by atoms with E-state index in [0.717, 1.165) is 15.5 Å². The second kappa shape index (κ2) is 8.06. The quantitative estimate of drug-likeness (QED) is 0.488. The predicted octanol–water partition coefficient (Wildman–Crippen LogP) is 5.54. The first-order valence-corrected chi connectivity index (χ1v) is 10.9. The number of hydrogen-bond donors (Lipinski definition) is 0. The third-order valence-electron chi connectivity index (χ3n) is 4.47. The van der Waals surface area contributed by atoms with E-state index in [4.69, 9.17) is 11.6 Å². The number of carbonyl (C=O) groups is 2. The first-order chi connectivity index (χ1) is 14.0. The van der Waals surface area contributed by atoms with Crippen molar-refractivity contribution in [2.45, 2.75) is 4.90 Å². The van der Waals surface area contributed by atoms with Crippen molar-refractivity contribution < 1.29 is 9.59 Å². The van der Waals surface area contributed by atoms with E-state index in [2.05, 4.69) is 0 Å². The highest BCUT2D eigenvalue weighted by Gasteiger charge is 2.40. The van der Waals surface area contributed by atoms with Gasteiger partial charge in [0.1, 0.15) is 0 Å². The molecule has 4 rings (SSSR count). The van der Waals surface area contributed by atoms with Crippen LogP contribution in [0.2, 0.25) is 5.02 Å². The molecule has 0 N–H and O–H groups in total. The Bertz CT molecular complexity index is 1090. The summed E-state index contributed by atoms with van der Waals surface area (Å²) in [5.74, 6) is -0.609. The van der Waals surface area contributed by atoms with E-state index in [1.807, 2.05) is 60.8 Å². The van der Waals surface area contributed by atoms with Crippen molar-refractivity contribution >= 4 is 63.5 Å². The number of carbonyl (C=O) groups excluding carboxylic acids is 2. The molecule has 3 aromatic rings. The van der Waals surface area contributed by atoms with E-state index in [0.29, 0.717) is 21.2 Å². The van der Waals surface area contributed by atoms with Gasteiger partial charge in [0.25, 0.3) is 11.8 Å². The number of anilines is 2. The Labute approximate surface area is 182 Å². The van der Waals surface area contributed by atoms with Crippen molar-refractivity contribution in [2.24, 2.45) is 0 Å². The van der Waals surface area contributed by atoms with Crippen molar-refractivity contribution in [3.63, 3.8) is 0 Å². The molecule has 0 spiro atoms. The van der Waals surface area contributed by atoms with Gasteiger partial charge in [-0.1, -0.05) is 29.4 Å². The van der Waals surface area contributed by atoms with Gasteiger partial charge in [0.15, 0.2) is 0 Å². The number of rotatable bonds is 5. The molecule has 2 aromatic carbocycles. The van der Waals surface area contributed by atoms with Gasteiger partial charge in [0, 0.05) is 34.6 Å². The molecule has 0 aliphatic carbocycles. The minimum absolute atomic E-state index is 0.300. The van der Waals surface area contributed by atoms with Gasteiger partial charge >= 0.3 is 0 Å². The van der Waals surface area contributed by atoms with Crippen LogP contribution in [0.3, 0.4) is 0 Å². The minimum Gasteiger partial charge on any atom is -0.378 e. The highest BCUT2D eigenvalue weighted by atomic mass is 35.5. The van der Waals surface area contributed by atoms with Gasteiger partial charge in [-0.05, 0) is 60.0 Å². The SMILES string of the molecule is CN(C)c1ccc(N2C(=O)C(Sc3ccc(Cl)cc3)=C(c3cccs3)C2=O)cc1. The average Bonchev–Trinajstić information content (AvgIpc) is 3.31. The molecule has 29 heavy (non-hydrogen) atoms. The normalized spacial score (nSPS) is 14.1. The Morgan fingerprint density at radius 1 is 0.931 bits per heavy atom. The molecule has 1 aromatic heterocycles. The monoisotopic (exact) mass is 440 g/mol. The van der Waals surface area contributed by atoms with Crippen molar-refractivity contribution in [3.05, 3.63) is 80.8 Å². The lowest BCUT2D eigenvalue weighted by Crippen LogP contribution is -2.31. The fourth-order valence-electron chi connectivity index (χ4n) is 3.00. The largest absolute Gasteiger partial charge is 0.378 e. The maximum atomic E-state index is 13.3. The van der Waals surface area contributed by atoms with Crippen molar-refractivity contribution in [2.75, 3.05) is 23.9 Å². The van der Waals surface area contributed by atoms with Crippen LogP contribution in [0.5, 0.6) is 0 Å². The first-order valence-electron chi connectivity index (χ1n) is 8.83. The molecule has 0 saturated carbocycles. The molecule has 146 valence electrons. The summed E-state index contributed by atoms with van der Waals surface area (Å²) in [4.78, 5) is 31.9. The number of nitrogens with zero attached hydrogens (tertiary/aromatic N) is 2. The van der Waals surface area contributed by atoms with Crippen LogP contribution < -0.4 is 9.80 Å². The molecule has 0 unspecified atom stereocenters. The lowest BCUT2D eigenvalue weighted by molar-refractivity contribution is -0.119. The van der Waals surface area contributed by atoms with Crippen molar-refractivity contribution in [1.82, 2.24) is 0 Å². The second-order valence-electron chi connectivity index (χ2n) is 6.59. The van der Waals surface area contributed by atoms with Gasteiger partial charge in [0.05, 0.1) is 16.2 Å². The summed E-state index contributed by atoms with van der Waals surface area (Å²) in [6.45, 7) is 0. The third-order valence-corrected chi connectivity index (χ3v) is 6.70. The summed E-state index contributed by atoms with van der Waals surface area (Å²) in [6, 6.07) is 18.4. The van der Waals surface area contributed by atoms with Gasteiger partial charge in [-0.25, -0.2) is 4.90 Å². The zero-order valence-electron chi connectivity index (χ0n) is 15.8. The van der Waals surface area contributed by atoms with E-state index >= 15 is 0 Å². The van der Waals surface area contributed by atoms with Gasteiger partial charge in [-0.2, -0.15) is 0 Å². The zero-order valence-corrected chi connectivity index (χ0v) is 18.1. The Kier molecular flexibility index (Phi) is 5.50. The van der Waals surface area contributed by atoms with Crippen LogP contribution >= 0.6 is 34.7 Å². The van der Waals surface area contributed by atoms with Crippen molar-refractivity contribution in [3.8, 4) is 0 Å². The van der Waals surface area contributed by atoms with E-state index < -0.39 is 0 Å². The highest BCUT2D eigenvalue weighted by Crippen LogP contribution is 2.42. The van der Waals surface area contributed by atoms with Gasteiger partial charge < -0.3 is 4.90 Å². The second-order valence-corrected chi connectivity index (χ2v) is 9.06. The van der Waals surface area contributed by atoms with Crippen molar-refractivity contribution in [1.29, 1.82) is 0 Å². The number of benzene rings is 2. The maximum Gasteiger partial charge on any atom is 0.272 e. The molecule has 1 aliphatic rings. The molecule has 0 bridgehead atoms. The summed E-state index contributed by atoms with van der Waals surface area (Å²) in [5.41, 5.74) is 2.00. The summed E-state index contributed by atoms with van der Waals surface area (Å²) in [5, 5.41) is 2.53. The molecule has 4 nitrogen and oxygen atoms in total. The summed E-state index contributed by atoms with van der Waals surface area (Å²) in [7, 11) is 3.89. The van der Waals surface area contributed by atoms with E-state index in [-0.39, 0.29) is 11.8 Å². The fraction of sp³-hybridized carbons (Fsp3) is 0.0909. The number of amides is 2. The zero-order chi connectivity index (χ0) is 20.5. The Morgan fingerprint density at radius 3 is 2.21 bits per heavy atom. The molecule has 0 atom stereocenters. The number of imide groups is 1. The molecule has 0 saturated heterocycles. The Balaban J connectivity index is 1.74. The molecular formula is C22H17ClN2O2S2. The first kappa shape index (κ1) is 19.8. The molecule has 2 heterocycles. The number of hydrogen-bond acceptors (Lipinski definition) is 5. The topological polar surface area (TPSA) is 40.6 Å². The van der Waals surface area contributed by atoms with Crippen LogP contribution in [-0.4, -0.2) is 25.9 Å². The smallest absolute Gasteiger partial charge is 0.272 e. The lowest BCUT2D eigenvalue weighted by Gasteiger charge is -2.17. The molecule has 7 heteroatoms. The molecule has 1 aliphatic heterocycles. The van der Waals surface area contributed by atoms with Gasteiger partial charge in [-0.3, -0.25) is 9.59 Å². The van der Waals surface area contributed by atoms with Crippen LogP contribution in [0, 0.1) is 0 Å². The van der Waals surface area contributed by atoms with Crippen LogP contribution in [0.1, 0.15) is 4.88 Å². The lowest BCUT2D eigenvalue weighted by atomic mass is 10.2. The maximum absolute atomic E-state index is 13.3. The summed E-state index contributed by atoms with van der Waals surface area (Å²) in [6.07, 6.45) is 0. The third kappa shape index (κ3) is 3.83. The van der Waals surface area contributed by atoms with Crippen LogP contribution in [0.4, 0.5) is 11.4 Å². The number of thioether (sulfide) groups is 1. The molecule has 0 radical (unpaired) electrons. The van der Waals surface area contributed by atoms with Crippen LogP contribution in [0.15, 0.2) is 75.8 Å².